The summed E-state index contributed by atoms with van der Waals surface area (Å²) in [4.78, 5) is 24.1. The Kier molecular flexibility index (Phi) is 7.62. The number of carbonyl (C=O) groups excluding carboxylic acids is 2. The number of nitrogens with one attached hydrogen (secondary N) is 2. The van der Waals surface area contributed by atoms with Gasteiger partial charge in [0.15, 0.2) is 6.29 Å². The van der Waals surface area contributed by atoms with Gasteiger partial charge in [0, 0.05) is 16.2 Å². The van der Waals surface area contributed by atoms with Crippen LogP contribution in [0.1, 0.15) is 17.3 Å². The second-order valence-electron chi connectivity index (χ2n) is 5.93. The van der Waals surface area contributed by atoms with E-state index in [4.69, 9.17) is 15.6 Å². The standard InChI is InChI=1S/C15H19I2N3O7/c1-4(22)19-6-2-5(18)9(16)8(10(6)17)14(25)20-11-13(24)12(23)7(3-21)27-15(11)26/h2,7,11-13,15,21,23-24,26H,3,18H2,1H3,(H,19,22)(H,20,25)/t7-,11-,12-,13-,15?/m1/s1. The minimum absolute atomic E-state index is 0.137. The summed E-state index contributed by atoms with van der Waals surface area (Å²) in [5.41, 5.74) is 6.65. The summed E-state index contributed by atoms with van der Waals surface area (Å²) >= 11 is 3.75. The minimum atomic E-state index is -1.64. The predicted octanol–water partition coefficient (Wildman–Crippen LogP) is -1.03. The smallest absolute Gasteiger partial charge is 0.254 e. The fraction of sp³-hybridized carbons (Fsp3) is 0.467. The highest BCUT2D eigenvalue weighted by molar-refractivity contribution is 14.1. The lowest BCUT2D eigenvalue weighted by Crippen LogP contribution is -2.64. The molecule has 5 atom stereocenters. The third-order valence-corrected chi connectivity index (χ3v) is 6.25. The van der Waals surface area contributed by atoms with Crippen LogP contribution in [0, 0.1) is 7.14 Å². The van der Waals surface area contributed by atoms with Gasteiger partial charge in [-0.05, 0) is 51.2 Å². The highest BCUT2D eigenvalue weighted by Gasteiger charge is 2.44. The lowest BCUT2D eigenvalue weighted by Gasteiger charge is -2.40. The SMILES string of the molecule is CC(=O)Nc1cc(N)c(I)c(C(=O)N[C@H]2C(O)O[C@H](CO)[C@@H](O)[C@@H]2O)c1I. The molecule has 12 heteroatoms. The van der Waals surface area contributed by atoms with E-state index in [1.807, 2.05) is 45.2 Å². The molecule has 2 rings (SSSR count). The van der Waals surface area contributed by atoms with Crippen molar-refractivity contribution in [3.8, 4) is 0 Å². The summed E-state index contributed by atoms with van der Waals surface area (Å²) < 4.78 is 5.85. The van der Waals surface area contributed by atoms with Crippen LogP contribution in [0.4, 0.5) is 11.4 Å². The molecule has 1 aliphatic rings. The molecular weight excluding hydrogens is 588 g/mol. The van der Waals surface area contributed by atoms with Crippen LogP contribution in [0.3, 0.4) is 0 Å². The number of nitrogens with two attached hydrogens (primary N) is 1. The third kappa shape index (κ3) is 4.80. The number of anilines is 2. The average molecular weight is 607 g/mol. The average Bonchev–Trinajstić information content (AvgIpc) is 2.59. The van der Waals surface area contributed by atoms with Gasteiger partial charge in [-0.3, -0.25) is 9.59 Å². The van der Waals surface area contributed by atoms with Crippen LogP contribution in [-0.4, -0.2) is 69.5 Å². The van der Waals surface area contributed by atoms with E-state index >= 15 is 0 Å². The van der Waals surface area contributed by atoms with Gasteiger partial charge in [-0.2, -0.15) is 0 Å². The van der Waals surface area contributed by atoms with Gasteiger partial charge in [0.2, 0.25) is 5.91 Å². The van der Waals surface area contributed by atoms with E-state index in [1.165, 1.54) is 13.0 Å². The number of benzene rings is 1. The van der Waals surface area contributed by atoms with E-state index in [1.54, 1.807) is 0 Å². The molecule has 1 aromatic carbocycles. The maximum Gasteiger partial charge on any atom is 0.254 e. The van der Waals surface area contributed by atoms with Gasteiger partial charge in [-0.15, -0.1) is 0 Å². The second kappa shape index (κ2) is 9.15. The number of halogens is 2. The van der Waals surface area contributed by atoms with Crippen molar-refractivity contribution in [3.63, 3.8) is 0 Å². The van der Waals surface area contributed by atoms with Crippen LogP contribution < -0.4 is 16.4 Å². The molecule has 27 heavy (non-hydrogen) atoms. The summed E-state index contributed by atoms with van der Waals surface area (Å²) in [7, 11) is 0. The largest absolute Gasteiger partial charge is 0.398 e. The van der Waals surface area contributed by atoms with Crippen LogP contribution in [-0.2, 0) is 9.53 Å². The van der Waals surface area contributed by atoms with E-state index in [0.29, 0.717) is 12.8 Å². The molecule has 0 bridgehead atoms. The molecule has 0 radical (unpaired) electrons. The zero-order chi connectivity index (χ0) is 20.5. The molecule has 0 aliphatic carbocycles. The fourth-order valence-electron chi connectivity index (χ4n) is 2.61. The fourth-order valence-corrected chi connectivity index (χ4v) is 4.61. The van der Waals surface area contributed by atoms with E-state index in [9.17, 15) is 24.9 Å². The van der Waals surface area contributed by atoms with Crippen LogP contribution in [0.2, 0.25) is 0 Å². The monoisotopic (exact) mass is 607 g/mol. The Bertz CT molecular complexity index is 749. The maximum absolute atomic E-state index is 12.8. The van der Waals surface area contributed by atoms with Crippen molar-refractivity contribution in [2.24, 2.45) is 0 Å². The first-order chi connectivity index (χ1) is 12.6. The number of amides is 2. The van der Waals surface area contributed by atoms with Gasteiger partial charge in [-0.1, -0.05) is 0 Å². The lowest BCUT2D eigenvalue weighted by molar-refractivity contribution is -0.252. The van der Waals surface area contributed by atoms with Crippen molar-refractivity contribution < 1.29 is 34.8 Å². The Morgan fingerprint density at radius 3 is 2.41 bits per heavy atom. The first-order valence-corrected chi connectivity index (χ1v) is 9.90. The van der Waals surface area contributed by atoms with Crippen molar-refractivity contribution in [3.05, 3.63) is 18.8 Å². The summed E-state index contributed by atoms with van der Waals surface area (Å²) in [5, 5.41) is 44.2. The molecular formula is C15H19I2N3O7. The first-order valence-electron chi connectivity index (χ1n) is 7.74. The summed E-state index contributed by atoms with van der Waals surface area (Å²) in [5.74, 6) is -1.03. The Labute approximate surface area is 181 Å². The number of carbonyl (C=O) groups is 2. The number of hydrogen-bond acceptors (Lipinski definition) is 8. The summed E-state index contributed by atoms with van der Waals surface area (Å²) in [6.07, 6.45) is -5.89. The molecule has 1 aliphatic heterocycles. The Morgan fingerprint density at radius 2 is 1.85 bits per heavy atom. The zero-order valence-corrected chi connectivity index (χ0v) is 18.3. The Balaban J connectivity index is 2.33. The highest BCUT2D eigenvalue weighted by Crippen LogP contribution is 2.32. The van der Waals surface area contributed by atoms with Crippen LogP contribution in [0.25, 0.3) is 0 Å². The molecule has 0 aromatic heterocycles. The number of ether oxygens (including phenoxy) is 1. The number of aliphatic hydroxyl groups is 4. The van der Waals surface area contributed by atoms with Gasteiger partial charge in [0.25, 0.3) is 5.91 Å². The van der Waals surface area contributed by atoms with Crippen molar-refractivity contribution in [2.75, 3.05) is 17.7 Å². The van der Waals surface area contributed by atoms with E-state index in [0.717, 1.165) is 0 Å². The quantitative estimate of drug-likeness (QED) is 0.168. The van der Waals surface area contributed by atoms with Crippen molar-refractivity contribution in [1.29, 1.82) is 0 Å². The molecule has 1 fully saturated rings. The number of aliphatic hydroxyl groups excluding tert-OH is 4. The molecule has 1 aromatic rings. The lowest BCUT2D eigenvalue weighted by atomic mass is 9.96. The molecule has 0 spiro atoms. The maximum atomic E-state index is 12.8. The normalized spacial score (nSPS) is 27.9. The molecule has 0 saturated carbocycles. The van der Waals surface area contributed by atoms with Gasteiger partial charge < -0.3 is 41.5 Å². The van der Waals surface area contributed by atoms with E-state index in [2.05, 4.69) is 10.6 Å². The molecule has 1 heterocycles. The molecule has 2 amide bonds. The highest BCUT2D eigenvalue weighted by atomic mass is 127. The summed E-state index contributed by atoms with van der Waals surface area (Å²) in [6.45, 7) is 0.704. The van der Waals surface area contributed by atoms with Crippen molar-refractivity contribution in [1.82, 2.24) is 5.32 Å². The van der Waals surface area contributed by atoms with Crippen LogP contribution in [0.15, 0.2) is 6.07 Å². The van der Waals surface area contributed by atoms with Gasteiger partial charge in [0.1, 0.15) is 24.4 Å². The Morgan fingerprint density at radius 1 is 1.22 bits per heavy atom. The first kappa shape index (κ1) is 22.5. The minimum Gasteiger partial charge on any atom is -0.398 e. The molecule has 1 saturated heterocycles. The van der Waals surface area contributed by atoms with Crippen LogP contribution in [0.5, 0.6) is 0 Å². The van der Waals surface area contributed by atoms with Crippen molar-refractivity contribution >= 4 is 68.4 Å². The molecule has 10 nitrogen and oxygen atoms in total. The van der Waals surface area contributed by atoms with Crippen LogP contribution >= 0.6 is 45.2 Å². The number of nitrogen functional groups attached to an aromatic ring is 1. The van der Waals surface area contributed by atoms with Crippen molar-refractivity contribution in [2.45, 2.75) is 37.6 Å². The molecule has 1 unspecified atom stereocenters. The predicted molar refractivity (Wildman–Crippen MR) is 112 cm³/mol. The number of hydrogen-bond donors (Lipinski definition) is 7. The van der Waals surface area contributed by atoms with Gasteiger partial charge >= 0.3 is 0 Å². The second-order valence-corrected chi connectivity index (χ2v) is 8.08. The topological polar surface area (TPSA) is 174 Å². The van der Waals surface area contributed by atoms with E-state index in [-0.39, 0.29) is 17.2 Å². The number of rotatable bonds is 4. The molecule has 8 N–H and O–H groups in total. The molecule has 150 valence electrons. The van der Waals surface area contributed by atoms with Gasteiger partial charge in [-0.25, -0.2) is 0 Å². The Hall–Kier alpha value is -0.780. The van der Waals surface area contributed by atoms with E-state index < -0.39 is 43.2 Å². The third-order valence-electron chi connectivity index (χ3n) is 3.96. The summed E-state index contributed by atoms with van der Waals surface area (Å²) in [6, 6.07) is 0.178. The zero-order valence-electron chi connectivity index (χ0n) is 14.0. The van der Waals surface area contributed by atoms with Gasteiger partial charge in [0.05, 0.1) is 21.4 Å².